The van der Waals surface area contributed by atoms with E-state index in [2.05, 4.69) is 43.5 Å². The van der Waals surface area contributed by atoms with Crippen LogP contribution >= 0.6 is 0 Å². The van der Waals surface area contributed by atoms with Crippen molar-refractivity contribution in [2.75, 3.05) is 6.61 Å². The first-order valence-corrected chi connectivity index (χ1v) is 25.8. The third-order valence-electron chi connectivity index (χ3n) is 12.0. The van der Waals surface area contributed by atoms with Crippen molar-refractivity contribution in [3.8, 4) is 0 Å². The minimum absolute atomic E-state index is 0.375. The number of hydrogen-bond donors (Lipinski definition) is 4. The molecule has 0 aromatic heterocycles. The first-order valence-electron chi connectivity index (χ1n) is 25.8. The van der Waals surface area contributed by atoms with Crippen LogP contribution in [0.2, 0.25) is 0 Å². The van der Waals surface area contributed by atoms with Crippen molar-refractivity contribution in [3.63, 3.8) is 0 Å². The summed E-state index contributed by atoms with van der Waals surface area (Å²) in [6.07, 6.45) is 62.4. The molecule has 0 rings (SSSR count). The van der Waals surface area contributed by atoms with Gasteiger partial charge in [-0.15, -0.1) is 0 Å². The number of rotatable bonds is 47. The summed E-state index contributed by atoms with van der Waals surface area (Å²) in [6.45, 7) is 4.14. The molecule has 0 aromatic rings. The van der Waals surface area contributed by atoms with Crippen molar-refractivity contribution in [2.45, 2.75) is 289 Å². The normalized spacial score (nSPS) is 13.7. The van der Waals surface area contributed by atoms with E-state index in [4.69, 9.17) is 0 Å². The number of allylic oxidation sites excluding steroid dienone is 5. The Kier molecular flexibility index (Phi) is 47.0. The highest BCUT2D eigenvalue weighted by Crippen LogP contribution is 2.16. The summed E-state index contributed by atoms with van der Waals surface area (Å²) in [4.78, 5) is 12.4. The zero-order valence-electron chi connectivity index (χ0n) is 38.9. The predicted molar refractivity (Wildman–Crippen MR) is 254 cm³/mol. The maximum Gasteiger partial charge on any atom is 0.249 e. The molecule has 0 aliphatic rings. The van der Waals surface area contributed by atoms with E-state index in [1.165, 1.54) is 212 Å². The minimum Gasteiger partial charge on any atom is -0.394 e. The van der Waals surface area contributed by atoms with E-state index in [1.807, 2.05) is 6.08 Å². The number of unbranched alkanes of at least 4 members (excludes halogenated alkanes) is 35. The lowest BCUT2D eigenvalue weighted by atomic mass is 10.0. The summed E-state index contributed by atoms with van der Waals surface area (Å²) >= 11 is 0. The van der Waals surface area contributed by atoms with Crippen LogP contribution in [0.4, 0.5) is 0 Å². The Morgan fingerprint density at radius 1 is 0.414 bits per heavy atom. The van der Waals surface area contributed by atoms with Gasteiger partial charge in [0.05, 0.1) is 18.8 Å². The average Bonchev–Trinajstić information content (AvgIpc) is 3.23. The molecule has 58 heavy (non-hydrogen) atoms. The van der Waals surface area contributed by atoms with Gasteiger partial charge >= 0.3 is 0 Å². The van der Waals surface area contributed by atoms with Crippen molar-refractivity contribution >= 4 is 5.91 Å². The van der Waals surface area contributed by atoms with Gasteiger partial charge in [0, 0.05) is 0 Å². The fourth-order valence-electron chi connectivity index (χ4n) is 7.90. The lowest BCUT2D eigenvalue weighted by molar-refractivity contribution is -0.131. The predicted octanol–water partition coefficient (Wildman–Crippen LogP) is 15.5. The largest absolute Gasteiger partial charge is 0.394 e. The van der Waals surface area contributed by atoms with Gasteiger partial charge in [0.1, 0.15) is 6.10 Å². The Morgan fingerprint density at radius 2 is 0.707 bits per heavy atom. The van der Waals surface area contributed by atoms with Crippen LogP contribution in [0.1, 0.15) is 271 Å². The lowest BCUT2D eigenvalue weighted by Crippen LogP contribution is -2.48. The maximum absolute atomic E-state index is 12.4. The van der Waals surface area contributed by atoms with Gasteiger partial charge in [-0.1, -0.05) is 249 Å². The molecule has 0 aliphatic carbocycles. The average molecular weight is 816 g/mol. The molecule has 3 atom stereocenters. The van der Waals surface area contributed by atoms with Gasteiger partial charge in [-0.2, -0.15) is 0 Å². The van der Waals surface area contributed by atoms with Gasteiger partial charge in [0.2, 0.25) is 5.91 Å². The summed E-state index contributed by atoms with van der Waals surface area (Å²) in [7, 11) is 0. The van der Waals surface area contributed by atoms with Crippen molar-refractivity contribution in [1.29, 1.82) is 0 Å². The van der Waals surface area contributed by atoms with Crippen LogP contribution in [-0.2, 0) is 4.79 Å². The molecule has 0 aliphatic heterocycles. The van der Waals surface area contributed by atoms with E-state index < -0.39 is 24.2 Å². The van der Waals surface area contributed by atoms with E-state index in [1.54, 1.807) is 6.08 Å². The Balaban J connectivity index is 3.47. The number of aliphatic hydroxyl groups excluding tert-OH is 3. The van der Waals surface area contributed by atoms with Crippen LogP contribution < -0.4 is 5.32 Å². The van der Waals surface area contributed by atoms with Crippen LogP contribution in [0.15, 0.2) is 36.5 Å². The quantitative estimate of drug-likeness (QED) is 0.0364. The molecular weight excluding hydrogens is 715 g/mol. The van der Waals surface area contributed by atoms with E-state index in [0.29, 0.717) is 6.42 Å². The molecule has 0 fully saturated rings. The molecular formula is C53H101NO4. The SMILES string of the molecule is CCCCCC/C=C/CC/C=C/C(O)C(CO)NC(=O)C(O)CCCCCCCCCCCCCCCCCC/C=C\CCCCCCCCCCCCCCCC. The van der Waals surface area contributed by atoms with Gasteiger partial charge < -0.3 is 20.6 Å². The number of aliphatic hydroxyl groups is 3. The summed E-state index contributed by atoms with van der Waals surface area (Å²) in [5, 5.41) is 33.0. The first-order chi connectivity index (χ1) is 28.6. The monoisotopic (exact) mass is 816 g/mol. The van der Waals surface area contributed by atoms with Crippen molar-refractivity contribution in [2.24, 2.45) is 0 Å². The third-order valence-corrected chi connectivity index (χ3v) is 12.0. The molecule has 0 spiro atoms. The summed E-state index contributed by atoms with van der Waals surface area (Å²) < 4.78 is 0. The zero-order valence-corrected chi connectivity index (χ0v) is 38.9. The second-order valence-corrected chi connectivity index (χ2v) is 17.7. The fourth-order valence-corrected chi connectivity index (χ4v) is 7.90. The number of hydrogen-bond acceptors (Lipinski definition) is 4. The third kappa shape index (κ3) is 42.7. The summed E-state index contributed by atoms with van der Waals surface area (Å²) in [5.41, 5.74) is 0. The van der Waals surface area contributed by atoms with E-state index in [0.717, 1.165) is 38.5 Å². The number of amides is 1. The minimum atomic E-state index is -1.10. The topological polar surface area (TPSA) is 89.8 Å². The van der Waals surface area contributed by atoms with Gasteiger partial charge in [0.15, 0.2) is 0 Å². The van der Waals surface area contributed by atoms with Crippen molar-refractivity contribution < 1.29 is 20.1 Å². The van der Waals surface area contributed by atoms with E-state index in [-0.39, 0.29) is 6.61 Å². The molecule has 4 N–H and O–H groups in total. The molecule has 0 saturated heterocycles. The lowest BCUT2D eigenvalue weighted by Gasteiger charge is -2.21. The van der Waals surface area contributed by atoms with Crippen LogP contribution in [0.25, 0.3) is 0 Å². The summed E-state index contributed by atoms with van der Waals surface area (Å²) in [6, 6.07) is -0.812. The van der Waals surface area contributed by atoms with Gasteiger partial charge in [-0.25, -0.2) is 0 Å². The Labute approximate surface area is 362 Å². The van der Waals surface area contributed by atoms with Crippen LogP contribution in [0, 0.1) is 0 Å². The Bertz CT molecular complexity index is 901. The van der Waals surface area contributed by atoms with E-state index >= 15 is 0 Å². The molecule has 0 bridgehead atoms. The molecule has 0 heterocycles. The summed E-state index contributed by atoms with van der Waals surface area (Å²) in [5.74, 6) is -0.513. The highest BCUT2D eigenvalue weighted by Gasteiger charge is 2.22. The van der Waals surface area contributed by atoms with Gasteiger partial charge in [-0.3, -0.25) is 4.79 Å². The molecule has 3 unspecified atom stereocenters. The van der Waals surface area contributed by atoms with Crippen molar-refractivity contribution in [3.05, 3.63) is 36.5 Å². The smallest absolute Gasteiger partial charge is 0.249 e. The van der Waals surface area contributed by atoms with Gasteiger partial charge in [-0.05, 0) is 57.8 Å². The molecule has 342 valence electrons. The molecule has 5 nitrogen and oxygen atoms in total. The van der Waals surface area contributed by atoms with Crippen LogP contribution in [-0.4, -0.2) is 46.1 Å². The van der Waals surface area contributed by atoms with Gasteiger partial charge in [0.25, 0.3) is 0 Å². The molecule has 5 heteroatoms. The molecule has 1 amide bonds. The standard InChI is InChI=1S/C53H101NO4/c1-3-5-7-9-11-13-15-16-17-18-19-20-21-22-23-24-25-26-27-28-29-30-31-32-33-34-35-36-37-38-40-42-44-46-48-52(57)53(58)54-50(49-55)51(56)47-45-43-41-39-14-12-10-8-6-4-2/h14,24-25,39,45,47,50-52,55-57H,3-13,15-23,26-38,40-44,46,48-49H2,1-2H3,(H,54,58)/b25-24-,39-14+,47-45+. The Morgan fingerprint density at radius 3 is 1.07 bits per heavy atom. The second-order valence-electron chi connectivity index (χ2n) is 17.7. The fraction of sp³-hybridized carbons (Fsp3) is 0.868. The highest BCUT2D eigenvalue weighted by atomic mass is 16.3. The number of carbonyl (C=O) groups excluding carboxylic acids is 1. The number of nitrogens with one attached hydrogen (secondary N) is 1. The Hall–Kier alpha value is -1.43. The molecule has 0 radical (unpaired) electrons. The molecule has 0 saturated carbocycles. The van der Waals surface area contributed by atoms with Crippen LogP contribution in [0.3, 0.4) is 0 Å². The maximum atomic E-state index is 12.4. The highest BCUT2D eigenvalue weighted by molar-refractivity contribution is 5.80. The first kappa shape index (κ1) is 56.6. The van der Waals surface area contributed by atoms with Crippen molar-refractivity contribution in [1.82, 2.24) is 5.32 Å². The zero-order chi connectivity index (χ0) is 42.3. The van der Waals surface area contributed by atoms with Crippen LogP contribution in [0.5, 0.6) is 0 Å². The van der Waals surface area contributed by atoms with E-state index in [9.17, 15) is 20.1 Å². The molecule has 0 aromatic carbocycles. The second kappa shape index (κ2) is 48.2. The number of carbonyl (C=O) groups is 1.